The smallest absolute Gasteiger partial charge is 0.238 e. The summed E-state index contributed by atoms with van der Waals surface area (Å²) in [5.41, 5.74) is 3.88. The van der Waals surface area contributed by atoms with E-state index in [2.05, 4.69) is 5.43 Å². The van der Waals surface area contributed by atoms with Gasteiger partial charge in [-0.15, -0.1) is 0 Å². The van der Waals surface area contributed by atoms with E-state index in [0.717, 1.165) is 5.56 Å². The SMILES string of the molecule is O=C1CCNN1Cc1ccc(F)cc1. The molecule has 0 atom stereocenters. The average Bonchev–Trinajstić information content (AvgIpc) is 2.56. The van der Waals surface area contributed by atoms with Crippen molar-refractivity contribution in [1.29, 1.82) is 0 Å². The lowest BCUT2D eigenvalue weighted by molar-refractivity contribution is -0.130. The third-order valence-electron chi connectivity index (χ3n) is 2.20. The van der Waals surface area contributed by atoms with Gasteiger partial charge in [0, 0.05) is 13.0 Å². The van der Waals surface area contributed by atoms with Crippen molar-refractivity contribution in [3.8, 4) is 0 Å². The molecule has 1 N–H and O–H groups in total. The van der Waals surface area contributed by atoms with Gasteiger partial charge in [0.2, 0.25) is 5.91 Å². The zero-order chi connectivity index (χ0) is 9.97. The van der Waals surface area contributed by atoms with Gasteiger partial charge in [-0.3, -0.25) is 9.80 Å². The predicted molar refractivity (Wildman–Crippen MR) is 49.6 cm³/mol. The summed E-state index contributed by atoms with van der Waals surface area (Å²) in [6, 6.07) is 6.16. The maximum absolute atomic E-state index is 12.6. The first-order valence-corrected chi connectivity index (χ1v) is 4.54. The van der Waals surface area contributed by atoms with E-state index in [9.17, 15) is 9.18 Å². The minimum Gasteiger partial charge on any atom is -0.274 e. The lowest BCUT2D eigenvalue weighted by Gasteiger charge is -2.15. The van der Waals surface area contributed by atoms with Crippen molar-refractivity contribution < 1.29 is 9.18 Å². The molecular formula is C10H11FN2O. The van der Waals surface area contributed by atoms with Gasteiger partial charge in [-0.05, 0) is 17.7 Å². The fourth-order valence-electron chi connectivity index (χ4n) is 1.44. The molecule has 1 amide bonds. The normalized spacial score (nSPS) is 16.4. The Morgan fingerprint density at radius 3 is 2.64 bits per heavy atom. The summed E-state index contributed by atoms with van der Waals surface area (Å²) in [7, 11) is 0. The van der Waals surface area contributed by atoms with Gasteiger partial charge in [-0.25, -0.2) is 9.82 Å². The Bertz CT molecular complexity index is 336. The molecule has 1 saturated heterocycles. The second-order valence-corrected chi connectivity index (χ2v) is 3.26. The Balaban J connectivity index is 2.03. The van der Waals surface area contributed by atoms with Gasteiger partial charge in [0.15, 0.2) is 0 Å². The van der Waals surface area contributed by atoms with E-state index in [4.69, 9.17) is 0 Å². The second kappa shape index (κ2) is 3.75. The molecular weight excluding hydrogens is 183 g/mol. The third kappa shape index (κ3) is 1.90. The van der Waals surface area contributed by atoms with Gasteiger partial charge >= 0.3 is 0 Å². The van der Waals surface area contributed by atoms with E-state index in [-0.39, 0.29) is 11.7 Å². The number of carbonyl (C=O) groups is 1. The van der Waals surface area contributed by atoms with E-state index in [0.29, 0.717) is 19.5 Å². The fraction of sp³-hybridized carbons (Fsp3) is 0.300. The predicted octanol–water partition coefficient (Wildman–Crippen LogP) is 1.06. The van der Waals surface area contributed by atoms with Crippen LogP contribution >= 0.6 is 0 Å². The molecule has 1 fully saturated rings. The largest absolute Gasteiger partial charge is 0.274 e. The fourth-order valence-corrected chi connectivity index (χ4v) is 1.44. The minimum atomic E-state index is -0.255. The molecule has 0 spiro atoms. The van der Waals surface area contributed by atoms with Crippen molar-refractivity contribution in [2.75, 3.05) is 6.54 Å². The van der Waals surface area contributed by atoms with Crippen LogP contribution in [0.4, 0.5) is 4.39 Å². The maximum atomic E-state index is 12.6. The first kappa shape index (κ1) is 9.15. The van der Waals surface area contributed by atoms with Crippen LogP contribution in [0.5, 0.6) is 0 Å². The Morgan fingerprint density at radius 2 is 2.07 bits per heavy atom. The quantitative estimate of drug-likeness (QED) is 0.763. The van der Waals surface area contributed by atoms with Gasteiger partial charge in [-0.2, -0.15) is 0 Å². The van der Waals surface area contributed by atoms with E-state index in [1.165, 1.54) is 12.1 Å². The monoisotopic (exact) mass is 194 g/mol. The molecule has 74 valence electrons. The number of hydrogen-bond acceptors (Lipinski definition) is 2. The van der Waals surface area contributed by atoms with Crippen molar-refractivity contribution >= 4 is 5.91 Å². The van der Waals surface area contributed by atoms with Crippen LogP contribution in [-0.4, -0.2) is 17.5 Å². The summed E-state index contributed by atoms with van der Waals surface area (Å²) in [6.45, 7) is 1.19. The maximum Gasteiger partial charge on any atom is 0.238 e. The zero-order valence-corrected chi connectivity index (χ0v) is 7.66. The van der Waals surface area contributed by atoms with Crippen LogP contribution in [-0.2, 0) is 11.3 Å². The lowest BCUT2D eigenvalue weighted by Crippen LogP contribution is -2.33. The number of nitrogens with zero attached hydrogens (tertiary/aromatic N) is 1. The lowest BCUT2D eigenvalue weighted by atomic mass is 10.2. The molecule has 1 aromatic carbocycles. The molecule has 0 bridgehead atoms. The summed E-state index contributed by atoms with van der Waals surface area (Å²) in [5, 5.41) is 1.56. The first-order chi connectivity index (χ1) is 6.75. The highest BCUT2D eigenvalue weighted by molar-refractivity contribution is 5.77. The molecule has 1 aliphatic rings. The van der Waals surface area contributed by atoms with Crippen molar-refractivity contribution in [3.63, 3.8) is 0 Å². The minimum absolute atomic E-state index is 0.0920. The van der Waals surface area contributed by atoms with Gasteiger partial charge < -0.3 is 0 Å². The topological polar surface area (TPSA) is 32.3 Å². The highest BCUT2D eigenvalue weighted by atomic mass is 19.1. The van der Waals surface area contributed by atoms with E-state index in [1.54, 1.807) is 17.1 Å². The Hall–Kier alpha value is -1.42. The Labute approximate surface area is 81.5 Å². The molecule has 0 radical (unpaired) electrons. The molecule has 1 heterocycles. The number of hydrogen-bond donors (Lipinski definition) is 1. The number of amides is 1. The van der Waals surface area contributed by atoms with Crippen LogP contribution in [0.15, 0.2) is 24.3 Å². The van der Waals surface area contributed by atoms with Gasteiger partial charge in [0.05, 0.1) is 6.54 Å². The first-order valence-electron chi connectivity index (χ1n) is 4.54. The molecule has 0 unspecified atom stereocenters. The molecule has 0 aromatic heterocycles. The van der Waals surface area contributed by atoms with Crippen molar-refractivity contribution in [1.82, 2.24) is 10.4 Å². The number of halogens is 1. The average molecular weight is 194 g/mol. The number of benzene rings is 1. The Kier molecular flexibility index (Phi) is 2.45. The molecule has 4 heteroatoms. The second-order valence-electron chi connectivity index (χ2n) is 3.26. The molecule has 3 nitrogen and oxygen atoms in total. The third-order valence-corrected chi connectivity index (χ3v) is 2.20. The molecule has 1 aromatic rings. The molecule has 2 rings (SSSR count). The molecule has 0 aliphatic carbocycles. The van der Waals surface area contributed by atoms with Gasteiger partial charge in [-0.1, -0.05) is 12.1 Å². The Morgan fingerprint density at radius 1 is 1.36 bits per heavy atom. The molecule has 14 heavy (non-hydrogen) atoms. The summed E-state index contributed by atoms with van der Waals surface area (Å²) < 4.78 is 12.6. The highest BCUT2D eigenvalue weighted by Crippen LogP contribution is 2.08. The highest BCUT2D eigenvalue weighted by Gasteiger charge is 2.19. The van der Waals surface area contributed by atoms with Crippen molar-refractivity contribution in [3.05, 3.63) is 35.6 Å². The van der Waals surface area contributed by atoms with Crippen LogP contribution in [0.3, 0.4) is 0 Å². The van der Waals surface area contributed by atoms with Gasteiger partial charge in [0.1, 0.15) is 5.82 Å². The molecule has 0 saturated carbocycles. The summed E-state index contributed by atoms with van der Waals surface area (Å²) in [5.74, 6) is -0.163. The molecule has 1 aliphatic heterocycles. The number of rotatable bonds is 2. The standard InChI is InChI=1S/C10H11FN2O/c11-9-3-1-8(2-4-9)7-13-10(14)5-6-12-13/h1-4,12H,5-7H2. The summed E-state index contributed by atoms with van der Waals surface area (Å²) in [4.78, 5) is 11.2. The van der Waals surface area contributed by atoms with Crippen LogP contribution in [0.2, 0.25) is 0 Å². The number of nitrogens with one attached hydrogen (secondary N) is 1. The van der Waals surface area contributed by atoms with Crippen LogP contribution < -0.4 is 5.43 Å². The van der Waals surface area contributed by atoms with Gasteiger partial charge in [0.25, 0.3) is 0 Å². The van der Waals surface area contributed by atoms with Crippen LogP contribution in [0, 0.1) is 5.82 Å². The van der Waals surface area contributed by atoms with Crippen LogP contribution in [0.25, 0.3) is 0 Å². The van der Waals surface area contributed by atoms with E-state index >= 15 is 0 Å². The zero-order valence-electron chi connectivity index (χ0n) is 7.66. The van der Waals surface area contributed by atoms with Crippen molar-refractivity contribution in [2.24, 2.45) is 0 Å². The van der Waals surface area contributed by atoms with Crippen LogP contribution in [0.1, 0.15) is 12.0 Å². The van der Waals surface area contributed by atoms with E-state index < -0.39 is 0 Å². The van der Waals surface area contributed by atoms with Crippen molar-refractivity contribution in [2.45, 2.75) is 13.0 Å². The number of carbonyl (C=O) groups excluding carboxylic acids is 1. The summed E-state index contributed by atoms with van der Waals surface area (Å²) >= 11 is 0. The van der Waals surface area contributed by atoms with E-state index in [1.807, 2.05) is 0 Å². The number of hydrazine groups is 1. The summed E-state index contributed by atoms with van der Waals surface area (Å²) in [6.07, 6.45) is 0.543.